The largest absolute Gasteiger partial charge is 0.459 e. The zero-order valence-corrected chi connectivity index (χ0v) is 23.4. The van der Waals surface area contributed by atoms with Gasteiger partial charge in [0.05, 0.1) is 18.8 Å². The van der Waals surface area contributed by atoms with E-state index in [4.69, 9.17) is 14.2 Å². The zero-order chi connectivity index (χ0) is 28.6. The quantitative estimate of drug-likeness (QED) is 0.438. The molecule has 1 saturated heterocycles. The fourth-order valence-electron chi connectivity index (χ4n) is 4.62. The summed E-state index contributed by atoms with van der Waals surface area (Å²) in [6.45, 7) is 8.79. The van der Waals surface area contributed by atoms with E-state index in [1.807, 2.05) is 60.7 Å². The highest BCUT2D eigenvalue weighted by atomic mass is 16.6. The van der Waals surface area contributed by atoms with E-state index >= 15 is 0 Å². The first-order valence-corrected chi connectivity index (χ1v) is 13.3. The van der Waals surface area contributed by atoms with Crippen LogP contribution in [0, 0.1) is 0 Å². The molecule has 212 valence electrons. The normalized spacial score (nSPS) is 19.6. The van der Waals surface area contributed by atoms with Crippen molar-refractivity contribution < 1.29 is 33.7 Å². The first kappa shape index (κ1) is 30.1. The molecule has 2 N–H and O–H groups in total. The number of esters is 1. The van der Waals surface area contributed by atoms with Crippen molar-refractivity contribution in [1.29, 1.82) is 0 Å². The Morgan fingerprint density at radius 1 is 0.974 bits per heavy atom. The Morgan fingerprint density at radius 2 is 1.54 bits per heavy atom. The molecule has 0 bridgehead atoms. The van der Waals surface area contributed by atoms with E-state index in [0.29, 0.717) is 6.42 Å². The van der Waals surface area contributed by atoms with E-state index in [9.17, 15) is 19.5 Å². The molecule has 0 aliphatic carbocycles. The number of likely N-dealkylation sites (tertiary alicyclic amines) is 1. The molecule has 4 atom stereocenters. The van der Waals surface area contributed by atoms with Crippen LogP contribution in [0.2, 0.25) is 0 Å². The predicted octanol–water partition coefficient (Wildman–Crippen LogP) is 3.97. The van der Waals surface area contributed by atoms with Gasteiger partial charge in [0.2, 0.25) is 5.91 Å². The van der Waals surface area contributed by atoms with Gasteiger partial charge in [0.1, 0.15) is 12.2 Å². The summed E-state index contributed by atoms with van der Waals surface area (Å²) >= 11 is 0. The zero-order valence-electron chi connectivity index (χ0n) is 23.4. The van der Waals surface area contributed by atoms with Gasteiger partial charge in [-0.2, -0.15) is 0 Å². The summed E-state index contributed by atoms with van der Waals surface area (Å²) in [4.78, 5) is 41.5. The van der Waals surface area contributed by atoms with E-state index in [0.717, 1.165) is 11.1 Å². The standard InChI is InChI=1S/C30H40N2O7/c1-21(37-19-23-13-8-6-9-14-23)25(26(34)38-20-24-15-10-7-11-16-24)31-27(35)30(22(2)33)17-12-18-32(30)28(36)39-29(3,4)5/h6-11,13-16,21-22,25,33H,12,17-20H2,1-5H3,(H,31,35). The summed E-state index contributed by atoms with van der Waals surface area (Å²) in [5.41, 5.74) is -0.704. The first-order chi connectivity index (χ1) is 18.4. The van der Waals surface area contributed by atoms with E-state index < -0.39 is 47.4 Å². The van der Waals surface area contributed by atoms with Crippen molar-refractivity contribution in [2.24, 2.45) is 0 Å². The van der Waals surface area contributed by atoms with E-state index in [-0.39, 0.29) is 26.2 Å². The lowest BCUT2D eigenvalue weighted by Crippen LogP contribution is -2.66. The maximum absolute atomic E-state index is 13.9. The summed E-state index contributed by atoms with van der Waals surface area (Å²) < 4.78 is 17.1. The number of carbonyl (C=O) groups is 3. The van der Waals surface area contributed by atoms with Gasteiger partial charge >= 0.3 is 12.1 Å². The fraction of sp³-hybridized carbons (Fsp3) is 0.500. The van der Waals surface area contributed by atoms with E-state index in [2.05, 4.69) is 5.32 Å². The van der Waals surface area contributed by atoms with Crippen LogP contribution >= 0.6 is 0 Å². The van der Waals surface area contributed by atoms with Crippen molar-refractivity contribution in [3.05, 3.63) is 71.8 Å². The van der Waals surface area contributed by atoms with Crippen molar-refractivity contribution >= 4 is 18.0 Å². The minimum absolute atomic E-state index is 0.0169. The van der Waals surface area contributed by atoms with E-state index in [1.165, 1.54) is 11.8 Å². The molecule has 2 aromatic rings. The molecule has 1 aliphatic heterocycles. The molecule has 1 aliphatic rings. The van der Waals surface area contributed by atoms with Crippen molar-refractivity contribution in [3.8, 4) is 0 Å². The highest BCUT2D eigenvalue weighted by Crippen LogP contribution is 2.35. The molecular weight excluding hydrogens is 500 g/mol. The van der Waals surface area contributed by atoms with Gasteiger partial charge in [-0.1, -0.05) is 60.7 Å². The van der Waals surface area contributed by atoms with Crippen LogP contribution in [0.3, 0.4) is 0 Å². The average molecular weight is 541 g/mol. The maximum atomic E-state index is 13.9. The lowest BCUT2D eigenvalue weighted by atomic mass is 9.88. The van der Waals surface area contributed by atoms with Gasteiger partial charge in [0.25, 0.3) is 0 Å². The van der Waals surface area contributed by atoms with Crippen molar-refractivity contribution in [1.82, 2.24) is 10.2 Å². The van der Waals surface area contributed by atoms with Crippen LogP contribution in [-0.2, 0) is 37.0 Å². The predicted molar refractivity (Wildman–Crippen MR) is 145 cm³/mol. The number of nitrogens with one attached hydrogen (secondary N) is 1. The van der Waals surface area contributed by atoms with Gasteiger partial charge in [-0.25, -0.2) is 9.59 Å². The van der Waals surface area contributed by atoms with E-state index in [1.54, 1.807) is 27.7 Å². The van der Waals surface area contributed by atoms with Crippen LogP contribution < -0.4 is 5.32 Å². The minimum Gasteiger partial charge on any atom is -0.459 e. The number of carbonyl (C=O) groups excluding carboxylic acids is 3. The molecule has 1 fully saturated rings. The highest BCUT2D eigenvalue weighted by molar-refractivity contribution is 5.94. The molecule has 0 aromatic heterocycles. The van der Waals surface area contributed by atoms with Gasteiger partial charge in [-0.05, 0) is 58.6 Å². The fourth-order valence-corrected chi connectivity index (χ4v) is 4.62. The summed E-state index contributed by atoms with van der Waals surface area (Å²) in [5.74, 6) is -1.35. The van der Waals surface area contributed by atoms with Gasteiger partial charge in [0, 0.05) is 6.54 Å². The van der Waals surface area contributed by atoms with Gasteiger partial charge in [-0.3, -0.25) is 9.69 Å². The molecule has 9 nitrogen and oxygen atoms in total. The molecule has 3 rings (SSSR count). The van der Waals surface area contributed by atoms with Crippen LogP contribution in [0.1, 0.15) is 58.6 Å². The second kappa shape index (κ2) is 13.1. The number of ether oxygens (including phenoxy) is 3. The van der Waals surface area contributed by atoms with Gasteiger partial charge in [0.15, 0.2) is 11.6 Å². The number of benzene rings is 2. The number of hydrogen-bond acceptors (Lipinski definition) is 7. The number of amides is 2. The number of hydrogen-bond donors (Lipinski definition) is 2. The van der Waals surface area contributed by atoms with Crippen molar-refractivity contribution in [2.75, 3.05) is 6.54 Å². The smallest absolute Gasteiger partial charge is 0.411 e. The average Bonchev–Trinajstić information content (AvgIpc) is 3.36. The Labute approximate surface area is 230 Å². The van der Waals surface area contributed by atoms with Crippen LogP contribution in [0.25, 0.3) is 0 Å². The third-order valence-electron chi connectivity index (χ3n) is 6.71. The lowest BCUT2D eigenvalue weighted by molar-refractivity contribution is -0.156. The summed E-state index contributed by atoms with van der Waals surface area (Å²) in [6, 6.07) is 17.5. The monoisotopic (exact) mass is 540 g/mol. The number of nitrogens with zero attached hydrogens (tertiary/aromatic N) is 1. The number of aliphatic hydroxyl groups excluding tert-OH is 1. The lowest BCUT2D eigenvalue weighted by Gasteiger charge is -2.40. The van der Waals surface area contributed by atoms with Crippen LogP contribution in [0.15, 0.2) is 60.7 Å². The molecular formula is C30H40N2O7. The Balaban J connectivity index is 1.83. The molecule has 0 saturated carbocycles. The Bertz CT molecular complexity index is 1100. The second-order valence-corrected chi connectivity index (χ2v) is 10.9. The van der Waals surface area contributed by atoms with Gasteiger partial charge < -0.3 is 24.6 Å². The third kappa shape index (κ3) is 7.80. The summed E-state index contributed by atoms with van der Waals surface area (Å²) in [5, 5.41) is 13.6. The third-order valence-corrected chi connectivity index (χ3v) is 6.71. The summed E-state index contributed by atoms with van der Waals surface area (Å²) in [6.07, 6.45) is -2.01. The van der Waals surface area contributed by atoms with Crippen LogP contribution in [-0.4, -0.2) is 63.9 Å². The van der Waals surface area contributed by atoms with Gasteiger partial charge in [-0.15, -0.1) is 0 Å². The van der Waals surface area contributed by atoms with Crippen LogP contribution in [0.5, 0.6) is 0 Å². The second-order valence-electron chi connectivity index (χ2n) is 10.9. The summed E-state index contributed by atoms with van der Waals surface area (Å²) in [7, 11) is 0. The van der Waals surface area contributed by atoms with Crippen LogP contribution in [0.4, 0.5) is 4.79 Å². The Kier molecular flexibility index (Phi) is 10.1. The SMILES string of the molecule is CC(OCc1ccccc1)C(NC(=O)C1(C(C)O)CCCN1C(=O)OC(C)(C)C)C(=O)OCc1ccccc1. The molecule has 9 heteroatoms. The maximum Gasteiger partial charge on any atom is 0.411 e. The number of rotatable bonds is 10. The molecule has 2 amide bonds. The molecule has 0 spiro atoms. The molecule has 4 unspecified atom stereocenters. The molecule has 39 heavy (non-hydrogen) atoms. The molecule has 0 radical (unpaired) electrons. The topological polar surface area (TPSA) is 114 Å². The Morgan fingerprint density at radius 3 is 2.08 bits per heavy atom. The molecule has 2 aromatic carbocycles. The first-order valence-electron chi connectivity index (χ1n) is 13.3. The molecule has 1 heterocycles. The van der Waals surface area contributed by atoms with Crippen molar-refractivity contribution in [3.63, 3.8) is 0 Å². The Hall–Kier alpha value is -3.43. The van der Waals surface area contributed by atoms with Crippen molar-refractivity contribution in [2.45, 2.75) is 90.1 Å². The number of aliphatic hydroxyl groups is 1. The highest BCUT2D eigenvalue weighted by Gasteiger charge is 2.55. The minimum atomic E-state index is -1.61.